The van der Waals surface area contributed by atoms with E-state index in [0.29, 0.717) is 6.04 Å². The van der Waals surface area contributed by atoms with E-state index >= 15 is 0 Å². The van der Waals surface area contributed by atoms with Crippen LogP contribution in [-0.4, -0.2) is 75.2 Å². The molecule has 2 heterocycles. The highest BCUT2D eigenvalue weighted by atomic mass is 15.2. The van der Waals surface area contributed by atoms with E-state index in [1.165, 1.54) is 71.2 Å². The Morgan fingerprint density at radius 2 is 1.78 bits per heavy atom. The van der Waals surface area contributed by atoms with Gasteiger partial charge in [-0.1, -0.05) is 6.92 Å². The second-order valence-corrected chi connectivity index (χ2v) is 7.29. The van der Waals surface area contributed by atoms with Crippen LogP contribution in [0.25, 0.3) is 0 Å². The van der Waals surface area contributed by atoms with Gasteiger partial charge in [0, 0.05) is 32.7 Å². The van der Waals surface area contributed by atoms with Crippen molar-refractivity contribution in [1.29, 1.82) is 0 Å². The third-order valence-corrected chi connectivity index (χ3v) is 5.38. The summed E-state index contributed by atoms with van der Waals surface area (Å²) < 4.78 is 0. The molecule has 0 spiro atoms. The number of likely N-dealkylation sites (tertiary alicyclic amines) is 2. The average molecular weight is 324 g/mol. The first-order valence-electron chi connectivity index (χ1n) is 9.59. The van der Waals surface area contributed by atoms with Gasteiger partial charge in [0.25, 0.3) is 0 Å². The maximum atomic E-state index is 4.40. The van der Waals surface area contributed by atoms with Crippen LogP contribution in [0, 0.1) is 5.92 Å². The number of guanidine groups is 1. The lowest BCUT2D eigenvalue weighted by Crippen LogP contribution is -2.49. The Balaban J connectivity index is 1.60. The topological polar surface area (TPSA) is 42.9 Å². The fraction of sp³-hybridized carbons (Fsp3) is 0.944. The molecule has 0 aromatic heterocycles. The third-order valence-electron chi connectivity index (χ3n) is 5.38. The van der Waals surface area contributed by atoms with Crippen LogP contribution in [0.2, 0.25) is 0 Å². The van der Waals surface area contributed by atoms with E-state index in [0.717, 1.165) is 18.4 Å². The lowest BCUT2D eigenvalue weighted by molar-refractivity contribution is 0.205. The fourth-order valence-electron chi connectivity index (χ4n) is 3.75. The van der Waals surface area contributed by atoms with Crippen LogP contribution < -0.4 is 10.6 Å². The zero-order valence-electron chi connectivity index (χ0n) is 15.5. The summed E-state index contributed by atoms with van der Waals surface area (Å²) in [5, 5.41) is 7.14. The molecule has 0 bridgehead atoms. The summed E-state index contributed by atoms with van der Waals surface area (Å²) in [5.74, 6) is 1.88. The Kier molecular flexibility index (Phi) is 8.17. The number of hydrogen-bond acceptors (Lipinski definition) is 3. The molecule has 5 heteroatoms. The van der Waals surface area contributed by atoms with Gasteiger partial charge in [0.2, 0.25) is 0 Å². The molecular formula is C18H37N5. The third kappa shape index (κ3) is 6.68. The van der Waals surface area contributed by atoms with E-state index < -0.39 is 0 Å². The van der Waals surface area contributed by atoms with Gasteiger partial charge in [-0.3, -0.25) is 4.99 Å². The number of piperidine rings is 2. The van der Waals surface area contributed by atoms with Crippen LogP contribution in [0.4, 0.5) is 0 Å². The standard InChI is InChI=1S/C18H37N5/c1-4-11-23-14-8-17(9-15-23)21-18(19-2)20-10-5-16-6-12-22(3)13-7-16/h16-17H,4-15H2,1-3H3,(H2,19,20,21). The monoisotopic (exact) mass is 323 g/mol. The molecule has 5 nitrogen and oxygen atoms in total. The molecule has 0 aromatic rings. The highest BCUT2D eigenvalue weighted by Gasteiger charge is 2.20. The second kappa shape index (κ2) is 10.1. The maximum absolute atomic E-state index is 4.40. The summed E-state index contributed by atoms with van der Waals surface area (Å²) in [4.78, 5) is 9.42. The first kappa shape index (κ1) is 18.5. The van der Waals surface area contributed by atoms with Crippen LogP contribution in [0.15, 0.2) is 4.99 Å². The average Bonchev–Trinajstić information content (AvgIpc) is 2.57. The largest absolute Gasteiger partial charge is 0.356 e. The Bertz CT molecular complexity index is 341. The summed E-state index contributed by atoms with van der Waals surface area (Å²) in [6, 6.07) is 0.581. The number of rotatable bonds is 6. The molecule has 0 saturated carbocycles. The molecule has 23 heavy (non-hydrogen) atoms. The van der Waals surface area contributed by atoms with Crippen LogP contribution in [-0.2, 0) is 0 Å². The van der Waals surface area contributed by atoms with Gasteiger partial charge in [-0.2, -0.15) is 0 Å². The lowest BCUT2D eigenvalue weighted by Gasteiger charge is -2.33. The lowest BCUT2D eigenvalue weighted by atomic mass is 9.94. The second-order valence-electron chi connectivity index (χ2n) is 7.29. The van der Waals surface area contributed by atoms with Crippen molar-refractivity contribution in [3.63, 3.8) is 0 Å². The molecule has 0 atom stereocenters. The van der Waals surface area contributed by atoms with Crippen molar-refractivity contribution in [2.24, 2.45) is 10.9 Å². The SMILES string of the molecule is CCCN1CCC(NC(=NC)NCCC2CCN(C)CC2)CC1. The molecule has 2 aliphatic heterocycles. The normalized spacial score (nSPS) is 23.2. The van der Waals surface area contributed by atoms with E-state index in [1.54, 1.807) is 0 Å². The minimum absolute atomic E-state index is 0.581. The maximum Gasteiger partial charge on any atom is 0.191 e. The van der Waals surface area contributed by atoms with E-state index in [2.05, 4.69) is 39.4 Å². The summed E-state index contributed by atoms with van der Waals surface area (Å²) >= 11 is 0. The molecule has 2 rings (SSSR count). The summed E-state index contributed by atoms with van der Waals surface area (Å²) in [6.45, 7) is 9.51. The Labute approximate surface area is 142 Å². The van der Waals surface area contributed by atoms with E-state index in [-0.39, 0.29) is 0 Å². The van der Waals surface area contributed by atoms with E-state index in [1.807, 2.05) is 7.05 Å². The van der Waals surface area contributed by atoms with Crippen LogP contribution in [0.5, 0.6) is 0 Å². The minimum atomic E-state index is 0.581. The molecule has 0 amide bonds. The van der Waals surface area contributed by atoms with E-state index in [9.17, 15) is 0 Å². The van der Waals surface area contributed by atoms with Crippen molar-refractivity contribution in [3.8, 4) is 0 Å². The first-order chi connectivity index (χ1) is 11.2. The van der Waals surface area contributed by atoms with Gasteiger partial charge in [-0.15, -0.1) is 0 Å². The zero-order valence-corrected chi connectivity index (χ0v) is 15.5. The predicted molar refractivity (Wildman–Crippen MR) is 99.1 cm³/mol. The summed E-state index contributed by atoms with van der Waals surface area (Å²) in [7, 11) is 4.11. The summed E-state index contributed by atoms with van der Waals surface area (Å²) in [6.07, 6.45) is 7.69. The molecule has 2 aliphatic rings. The highest BCUT2D eigenvalue weighted by molar-refractivity contribution is 5.79. The van der Waals surface area contributed by atoms with Crippen molar-refractivity contribution in [2.45, 2.75) is 51.5 Å². The Hall–Kier alpha value is -0.810. The number of aliphatic imine (C=N–C) groups is 1. The Morgan fingerprint density at radius 3 is 2.39 bits per heavy atom. The van der Waals surface area contributed by atoms with Crippen molar-refractivity contribution >= 4 is 5.96 Å². The minimum Gasteiger partial charge on any atom is -0.356 e. The van der Waals surface area contributed by atoms with Crippen molar-refractivity contribution in [1.82, 2.24) is 20.4 Å². The highest BCUT2D eigenvalue weighted by Crippen LogP contribution is 2.18. The van der Waals surface area contributed by atoms with Gasteiger partial charge >= 0.3 is 0 Å². The summed E-state index contributed by atoms with van der Waals surface area (Å²) in [5.41, 5.74) is 0. The van der Waals surface area contributed by atoms with Crippen molar-refractivity contribution in [3.05, 3.63) is 0 Å². The number of nitrogens with one attached hydrogen (secondary N) is 2. The van der Waals surface area contributed by atoms with Gasteiger partial charge in [0.05, 0.1) is 0 Å². The van der Waals surface area contributed by atoms with Crippen LogP contribution in [0.1, 0.15) is 45.4 Å². The molecule has 2 saturated heterocycles. The van der Waals surface area contributed by atoms with Gasteiger partial charge in [-0.25, -0.2) is 0 Å². The molecule has 2 N–H and O–H groups in total. The Morgan fingerprint density at radius 1 is 1.09 bits per heavy atom. The smallest absolute Gasteiger partial charge is 0.191 e. The van der Waals surface area contributed by atoms with Crippen molar-refractivity contribution < 1.29 is 0 Å². The predicted octanol–water partition coefficient (Wildman–Crippen LogP) is 1.76. The van der Waals surface area contributed by atoms with Gasteiger partial charge < -0.3 is 20.4 Å². The molecule has 2 fully saturated rings. The van der Waals surface area contributed by atoms with E-state index in [4.69, 9.17) is 0 Å². The molecule has 0 radical (unpaired) electrons. The number of nitrogens with zero attached hydrogens (tertiary/aromatic N) is 3. The first-order valence-corrected chi connectivity index (χ1v) is 9.59. The van der Waals surface area contributed by atoms with Gasteiger partial charge in [-0.05, 0) is 71.1 Å². The zero-order chi connectivity index (χ0) is 16.5. The number of hydrogen-bond donors (Lipinski definition) is 2. The molecule has 134 valence electrons. The van der Waals surface area contributed by atoms with Gasteiger partial charge in [0.15, 0.2) is 5.96 Å². The molecule has 0 aliphatic carbocycles. The molecule has 0 aromatic carbocycles. The quantitative estimate of drug-likeness (QED) is 0.577. The van der Waals surface area contributed by atoms with Gasteiger partial charge in [0.1, 0.15) is 0 Å². The fourth-order valence-corrected chi connectivity index (χ4v) is 3.75. The molecule has 0 unspecified atom stereocenters. The van der Waals surface area contributed by atoms with Crippen molar-refractivity contribution in [2.75, 3.05) is 53.4 Å². The van der Waals surface area contributed by atoms with Crippen LogP contribution >= 0.6 is 0 Å². The molecular weight excluding hydrogens is 286 g/mol. The van der Waals surface area contributed by atoms with Crippen LogP contribution in [0.3, 0.4) is 0 Å².